The van der Waals surface area contributed by atoms with Crippen LogP contribution in [0.3, 0.4) is 0 Å². The van der Waals surface area contributed by atoms with Gasteiger partial charge < -0.3 is 4.74 Å². The first-order chi connectivity index (χ1) is 5.83. The third kappa shape index (κ3) is 1.06. The SMILES string of the molecule is COc1cccc2ncc(I)n12. The van der Waals surface area contributed by atoms with E-state index < -0.39 is 0 Å². The Labute approximate surface area is 83.5 Å². The first kappa shape index (κ1) is 7.85. The van der Waals surface area contributed by atoms with Gasteiger partial charge in [0.1, 0.15) is 9.35 Å². The summed E-state index contributed by atoms with van der Waals surface area (Å²) in [6.07, 6.45) is 1.82. The fourth-order valence-electron chi connectivity index (χ4n) is 1.13. The van der Waals surface area contributed by atoms with Crippen LogP contribution < -0.4 is 4.74 Å². The first-order valence-corrected chi connectivity index (χ1v) is 4.57. The Hall–Kier alpha value is -0.780. The van der Waals surface area contributed by atoms with Gasteiger partial charge >= 0.3 is 0 Å². The molecule has 0 amide bonds. The number of fused-ring (bicyclic) bond motifs is 1. The van der Waals surface area contributed by atoms with Crippen LogP contribution in [0.1, 0.15) is 0 Å². The van der Waals surface area contributed by atoms with Gasteiger partial charge in [-0.25, -0.2) is 4.98 Å². The molecule has 0 unspecified atom stereocenters. The fraction of sp³-hybridized carbons (Fsp3) is 0.125. The molecule has 2 aromatic heterocycles. The molecule has 12 heavy (non-hydrogen) atoms. The fourth-order valence-corrected chi connectivity index (χ4v) is 1.75. The van der Waals surface area contributed by atoms with Crippen molar-refractivity contribution in [3.05, 3.63) is 28.1 Å². The molecule has 3 nitrogen and oxygen atoms in total. The monoisotopic (exact) mass is 274 g/mol. The standard InChI is InChI=1S/C8H7IN2O/c1-12-8-4-2-3-7-10-5-6(9)11(7)8/h2-5H,1H3. The third-order valence-electron chi connectivity index (χ3n) is 1.66. The van der Waals surface area contributed by atoms with Gasteiger partial charge in [0.2, 0.25) is 0 Å². The summed E-state index contributed by atoms with van der Waals surface area (Å²) in [7, 11) is 1.66. The number of nitrogens with zero attached hydrogens (tertiary/aromatic N) is 2. The number of pyridine rings is 1. The van der Waals surface area contributed by atoms with Crippen LogP contribution in [0.2, 0.25) is 0 Å². The smallest absolute Gasteiger partial charge is 0.199 e. The molecule has 0 saturated heterocycles. The van der Waals surface area contributed by atoms with Crippen molar-refractivity contribution in [3.8, 4) is 5.88 Å². The van der Waals surface area contributed by atoms with E-state index in [4.69, 9.17) is 4.74 Å². The highest BCUT2D eigenvalue weighted by Gasteiger charge is 2.03. The molecule has 0 aliphatic heterocycles. The van der Waals surface area contributed by atoms with Gasteiger partial charge in [-0.3, -0.25) is 4.40 Å². The van der Waals surface area contributed by atoms with E-state index in [1.165, 1.54) is 0 Å². The number of ether oxygens (including phenoxy) is 1. The van der Waals surface area contributed by atoms with Crippen molar-refractivity contribution in [1.29, 1.82) is 0 Å². The maximum absolute atomic E-state index is 5.18. The summed E-state index contributed by atoms with van der Waals surface area (Å²) in [6.45, 7) is 0. The molecule has 4 heteroatoms. The van der Waals surface area contributed by atoms with Crippen LogP contribution >= 0.6 is 22.6 Å². The number of rotatable bonds is 1. The number of halogens is 1. The number of imidazole rings is 1. The van der Waals surface area contributed by atoms with Gasteiger partial charge in [-0.1, -0.05) is 6.07 Å². The molecular formula is C8H7IN2O. The van der Waals surface area contributed by atoms with E-state index in [0.29, 0.717) is 0 Å². The van der Waals surface area contributed by atoms with Crippen LogP contribution in [0.4, 0.5) is 0 Å². The van der Waals surface area contributed by atoms with E-state index in [1.54, 1.807) is 7.11 Å². The van der Waals surface area contributed by atoms with Gasteiger partial charge in [0.15, 0.2) is 5.88 Å². The van der Waals surface area contributed by atoms with E-state index in [-0.39, 0.29) is 0 Å². The second-order valence-corrected chi connectivity index (χ2v) is 3.45. The molecule has 0 aliphatic carbocycles. The zero-order valence-corrected chi connectivity index (χ0v) is 8.65. The molecule has 2 heterocycles. The van der Waals surface area contributed by atoms with Crippen molar-refractivity contribution in [2.45, 2.75) is 0 Å². The van der Waals surface area contributed by atoms with Gasteiger partial charge in [-0.2, -0.15) is 0 Å². The predicted molar refractivity (Wildman–Crippen MR) is 54.5 cm³/mol. The molecule has 0 aromatic carbocycles. The normalized spacial score (nSPS) is 10.5. The Bertz CT molecular complexity index is 410. The highest BCUT2D eigenvalue weighted by Crippen LogP contribution is 2.17. The minimum absolute atomic E-state index is 0.814. The Kier molecular flexibility index (Phi) is 1.92. The van der Waals surface area contributed by atoms with Gasteiger partial charge in [-0.05, 0) is 34.7 Å². The third-order valence-corrected chi connectivity index (χ3v) is 2.42. The Morgan fingerprint density at radius 1 is 1.50 bits per heavy atom. The van der Waals surface area contributed by atoms with E-state index in [9.17, 15) is 0 Å². The maximum Gasteiger partial charge on any atom is 0.199 e. The summed E-state index contributed by atoms with van der Waals surface area (Å²) in [5.74, 6) is 0.814. The van der Waals surface area contributed by atoms with Gasteiger partial charge in [-0.15, -0.1) is 0 Å². The lowest BCUT2D eigenvalue weighted by Crippen LogP contribution is -1.94. The number of aromatic nitrogens is 2. The van der Waals surface area contributed by atoms with Crippen LogP contribution in [0.25, 0.3) is 5.65 Å². The van der Waals surface area contributed by atoms with Crippen LogP contribution in [-0.2, 0) is 0 Å². The topological polar surface area (TPSA) is 26.5 Å². The molecule has 0 aliphatic rings. The minimum Gasteiger partial charge on any atom is -0.482 e. The lowest BCUT2D eigenvalue weighted by molar-refractivity contribution is 0.391. The molecule has 0 bridgehead atoms. The van der Waals surface area contributed by atoms with Crippen molar-refractivity contribution in [1.82, 2.24) is 9.38 Å². The molecule has 0 radical (unpaired) electrons. The summed E-state index contributed by atoms with van der Waals surface area (Å²) in [5.41, 5.74) is 0.916. The first-order valence-electron chi connectivity index (χ1n) is 3.49. The van der Waals surface area contributed by atoms with E-state index in [1.807, 2.05) is 28.8 Å². The van der Waals surface area contributed by atoms with Crippen LogP contribution in [0, 0.1) is 3.70 Å². The average molecular weight is 274 g/mol. The second kappa shape index (κ2) is 2.93. The summed E-state index contributed by atoms with van der Waals surface area (Å²) in [5, 5.41) is 0. The summed E-state index contributed by atoms with van der Waals surface area (Å²) < 4.78 is 8.20. The summed E-state index contributed by atoms with van der Waals surface area (Å²) in [4.78, 5) is 4.20. The Morgan fingerprint density at radius 3 is 3.08 bits per heavy atom. The van der Waals surface area contributed by atoms with E-state index in [0.717, 1.165) is 15.2 Å². The average Bonchev–Trinajstić information content (AvgIpc) is 2.48. The van der Waals surface area contributed by atoms with Crippen molar-refractivity contribution < 1.29 is 4.74 Å². The van der Waals surface area contributed by atoms with Crippen molar-refractivity contribution in [2.24, 2.45) is 0 Å². The molecule has 2 aromatic rings. The highest BCUT2D eigenvalue weighted by atomic mass is 127. The molecule has 0 saturated carbocycles. The second-order valence-electron chi connectivity index (χ2n) is 2.34. The van der Waals surface area contributed by atoms with Gasteiger partial charge in [0.25, 0.3) is 0 Å². The molecule has 0 N–H and O–H groups in total. The largest absolute Gasteiger partial charge is 0.482 e. The summed E-state index contributed by atoms with van der Waals surface area (Å²) in [6, 6.07) is 5.79. The molecular weight excluding hydrogens is 267 g/mol. The zero-order chi connectivity index (χ0) is 8.55. The maximum atomic E-state index is 5.18. The predicted octanol–water partition coefficient (Wildman–Crippen LogP) is 1.95. The van der Waals surface area contributed by atoms with Gasteiger partial charge in [0.05, 0.1) is 13.3 Å². The highest BCUT2D eigenvalue weighted by molar-refractivity contribution is 14.1. The minimum atomic E-state index is 0.814. The molecule has 62 valence electrons. The molecule has 0 fully saturated rings. The molecule has 0 spiro atoms. The number of hydrogen-bond donors (Lipinski definition) is 0. The van der Waals surface area contributed by atoms with Crippen molar-refractivity contribution in [3.63, 3.8) is 0 Å². The molecule has 0 atom stereocenters. The Morgan fingerprint density at radius 2 is 2.33 bits per heavy atom. The quantitative estimate of drug-likeness (QED) is 0.743. The van der Waals surface area contributed by atoms with Gasteiger partial charge in [0, 0.05) is 0 Å². The lowest BCUT2D eigenvalue weighted by Gasteiger charge is -2.03. The van der Waals surface area contributed by atoms with Crippen molar-refractivity contribution >= 4 is 28.2 Å². The Balaban J connectivity index is 2.84. The zero-order valence-electron chi connectivity index (χ0n) is 6.49. The number of hydrogen-bond acceptors (Lipinski definition) is 2. The van der Waals surface area contributed by atoms with Crippen LogP contribution in [0.15, 0.2) is 24.4 Å². The lowest BCUT2D eigenvalue weighted by atomic mass is 10.4. The van der Waals surface area contributed by atoms with Crippen molar-refractivity contribution in [2.75, 3.05) is 7.11 Å². The summed E-state index contributed by atoms with van der Waals surface area (Å²) >= 11 is 2.22. The molecule has 2 rings (SSSR count). The van der Waals surface area contributed by atoms with Crippen LogP contribution in [0.5, 0.6) is 5.88 Å². The van der Waals surface area contributed by atoms with Crippen LogP contribution in [-0.4, -0.2) is 16.5 Å². The number of methoxy groups -OCH3 is 1. The van der Waals surface area contributed by atoms with E-state index in [2.05, 4.69) is 27.6 Å². The van der Waals surface area contributed by atoms with E-state index >= 15 is 0 Å².